The summed E-state index contributed by atoms with van der Waals surface area (Å²) in [6.07, 6.45) is 1.88. The molecule has 1 aromatic rings. The molecule has 0 bridgehead atoms. The Balaban J connectivity index is 0.00000364. The van der Waals surface area contributed by atoms with Crippen LogP contribution in [-0.4, -0.2) is 53.2 Å². The minimum Gasteiger partial charge on any atom is -0.490 e. The van der Waals surface area contributed by atoms with E-state index in [0.717, 1.165) is 19.4 Å². The summed E-state index contributed by atoms with van der Waals surface area (Å²) in [5, 5.41) is 6.02. The molecule has 1 aliphatic heterocycles. The summed E-state index contributed by atoms with van der Waals surface area (Å²) < 4.78 is 38.1. The van der Waals surface area contributed by atoms with Crippen molar-refractivity contribution in [2.75, 3.05) is 32.8 Å². The van der Waals surface area contributed by atoms with E-state index in [9.17, 15) is 13.2 Å². The Morgan fingerprint density at radius 1 is 1.22 bits per heavy atom. The molecule has 1 aliphatic rings. The Hall–Kier alpha value is -1.55. The summed E-state index contributed by atoms with van der Waals surface area (Å²) in [6, 6.07) is 4.42. The molecule has 3 N–H and O–H groups in total. The molecule has 0 saturated carbocycles. The second kappa shape index (κ2) is 11.3. The van der Waals surface area contributed by atoms with E-state index in [1.807, 2.05) is 6.92 Å². The zero-order chi connectivity index (χ0) is 19.0. The normalized spacial score (nSPS) is 16.9. The third-order valence-corrected chi connectivity index (χ3v) is 5.31. The number of carbonyl (C=O) groups excluding carboxylic acids is 1. The summed E-state index contributed by atoms with van der Waals surface area (Å²) >= 11 is 0. The molecule has 0 radical (unpaired) electrons. The molecule has 154 valence electrons. The molecule has 27 heavy (non-hydrogen) atoms. The van der Waals surface area contributed by atoms with Gasteiger partial charge in [-0.25, -0.2) is 13.1 Å². The maximum Gasteiger partial charge on any atom is 0.241 e. The number of piperidine rings is 1. The van der Waals surface area contributed by atoms with Crippen molar-refractivity contribution in [3.8, 4) is 11.5 Å². The van der Waals surface area contributed by atoms with Crippen molar-refractivity contribution >= 4 is 28.3 Å². The lowest BCUT2D eigenvalue weighted by atomic mass is 10.1. The molecule has 2 rings (SSSR count). The topological polar surface area (TPSA) is 106 Å². The Morgan fingerprint density at radius 3 is 2.56 bits per heavy atom. The molecule has 1 fully saturated rings. The largest absolute Gasteiger partial charge is 0.490 e. The van der Waals surface area contributed by atoms with Crippen LogP contribution in [0.1, 0.15) is 26.7 Å². The maximum absolute atomic E-state index is 12.5. The minimum atomic E-state index is -3.83. The highest BCUT2D eigenvalue weighted by Gasteiger charge is 2.20. The van der Waals surface area contributed by atoms with Gasteiger partial charge >= 0.3 is 0 Å². The standard InChI is InChI=1S/C17H27N3O5S.ClH/c1-3-24-15-8-7-14(10-16(15)25-4-2)26(22,23)19-12-17(21)20-13-6-5-9-18-11-13;/h7-8,10,13,18-19H,3-6,9,11-12H2,1-2H3,(H,20,21);1H/t13-;/m0./s1. The third-order valence-electron chi connectivity index (χ3n) is 3.91. The fourth-order valence-electron chi connectivity index (χ4n) is 2.70. The van der Waals surface area contributed by atoms with Gasteiger partial charge < -0.3 is 20.1 Å². The molecule has 1 aromatic carbocycles. The van der Waals surface area contributed by atoms with E-state index < -0.39 is 10.0 Å². The van der Waals surface area contributed by atoms with Crippen molar-refractivity contribution in [1.82, 2.24) is 15.4 Å². The molecule has 0 unspecified atom stereocenters. The fourth-order valence-corrected chi connectivity index (χ4v) is 3.69. The summed E-state index contributed by atoms with van der Waals surface area (Å²) in [4.78, 5) is 12.0. The van der Waals surface area contributed by atoms with Gasteiger partial charge in [0.1, 0.15) is 0 Å². The number of amides is 1. The van der Waals surface area contributed by atoms with Crippen LogP contribution in [0, 0.1) is 0 Å². The molecule has 0 aromatic heterocycles. The van der Waals surface area contributed by atoms with Gasteiger partial charge in [-0.05, 0) is 45.4 Å². The van der Waals surface area contributed by atoms with Gasteiger partial charge in [0.15, 0.2) is 11.5 Å². The van der Waals surface area contributed by atoms with Crippen LogP contribution in [0.25, 0.3) is 0 Å². The van der Waals surface area contributed by atoms with Crippen LogP contribution >= 0.6 is 12.4 Å². The first kappa shape index (κ1) is 23.5. The average molecular weight is 422 g/mol. The van der Waals surface area contributed by atoms with Crippen LogP contribution in [0.15, 0.2) is 23.1 Å². The van der Waals surface area contributed by atoms with Crippen LogP contribution in [0.2, 0.25) is 0 Å². The summed E-state index contributed by atoms with van der Waals surface area (Å²) in [5.41, 5.74) is 0. The highest BCUT2D eigenvalue weighted by atomic mass is 35.5. The molecular formula is C17H28ClN3O5S. The van der Waals surface area contributed by atoms with Crippen LogP contribution in [-0.2, 0) is 14.8 Å². The Labute approximate surface area is 166 Å². The maximum atomic E-state index is 12.5. The minimum absolute atomic E-state index is 0. The second-order valence-electron chi connectivity index (χ2n) is 5.91. The lowest BCUT2D eigenvalue weighted by Gasteiger charge is -2.23. The SMILES string of the molecule is CCOc1ccc(S(=O)(=O)NCC(=O)N[C@H]2CCCNC2)cc1OCC.Cl. The molecule has 1 saturated heterocycles. The van der Waals surface area contributed by atoms with Crippen molar-refractivity contribution in [2.45, 2.75) is 37.6 Å². The van der Waals surface area contributed by atoms with Crippen LogP contribution in [0.3, 0.4) is 0 Å². The molecule has 10 heteroatoms. The van der Waals surface area contributed by atoms with Gasteiger partial charge in [-0.1, -0.05) is 0 Å². The Bertz CT molecular complexity index is 709. The van der Waals surface area contributed by atoms with E-state index in [4.69, 9.17) is 9.47 Å². The van der Waals surface area contributed by atoms with Crippen LogP contribution in [0.4, 0.5) is 0 Å². The van der Waals surface area contributed by atoms with Gasteiger partial charge in [-0.2, -0.15) is 0 Å². The molecule has 1 heterocycles. The van der Waals surface area contributed by atoms with Crippen molar-refractivity contribution in [2.24, 2.45) is 0 Å². The van der Waals surface area contributed by atoms with E-state index in [-0.39, 0.29) is 35.8 Å². The summed E-state index contributed by atoms with van der Waals surface area (Å²) in [6.45, 7) is 5.81. The highest BCUT2D eigenvalue weighted by Crippen LogP contribution is 2.30. The van der Waals surface area contributed by atoms with Crippen molar-refractivity contribution in [3.63, 3.8) is 0 Å². The number of rotatable bonds is 9. The zero-order valence-electron chi connectivity index (χ0n) is 15.6. The summed E-state index contributed by atoms with van der Waals surface area (Å²) in [7, 11) is -3.83. The number of hydrogen-bond donors (Lipinski definition) is 3. The van der Waals surface area contributed by atoms with Crippen LogP contribution in [0.5, 0.6) is 11.5 Å². The average Bonchev–Trinajstić information content (AvgIpc) is 2.63. The molecule has 0 aliphatic carbocycles. The van der Waals surface area contributed by atoms with Gasteiger partial charge in [0, 0.05) is 18.7 Å². The Kier molecular flexibility index (Phi) is 9.86. The van der Waals surface area contributed by atoms with Gasteiger partial charge in [-0.15, -0.1) is 12.4 Å². The van der Waals surface area contributed by atoms with Crippen molar-refractivity contribution < 1.29 is 22.7 Å². The number of hydrogen-bond acceptors (Lipinski definition) is 6. The predicted molar refractivity (Wildman–Crippen MR) is 105 cm³/mol. The Morgan fingerprint density at radius 2 is 1.93 bits per heavy atom. The van der Waals surface area contributed by atoms with E-state index in [1.165, 1.54) is 12.1 Å². The predicted octanol–water partition coefficient (Wildman–Crippen LogP) is 1.05. The van der Waals surface area contributed by atoms with E-state index in [1.54, 1.807) is 13.0 Å². The third kappa shape index (κ3) is 7.17. The quantitative estimate of drug-likeness (QED) is 0.550. The van der Waals surface area contributed by atoms with E-state index in [2.05, 4.69) is 15.4 Å². The van der Waals surface area contributed by atoms with Gasteiger partial charge in [-0.3, -0.25) is 4.79 Å². The van der Waals surface area contributed by atoms with E-state index in [0.29, 0.717) is 31.3 Å². The van der Waals surface area contributed by atoms with Gasteiger partial charge in [0.2, 0.25) is 15.9 Å². The van der Waals surface area contributed by atoms with Gasteiger partial charge in [0.25, 0.3) is 0 Å². The summed E-state index contributed by atoms with van der Waals surface area (Å²) in [5.74, 6) is 0.490. The number of nitrogens with one attached hydrogen (secondary N) is 3. The number of sulfonamides is 1. The second-order valence-corrected chi connectivity index (χ2v) is 7.68. The number of benzene rings is 1. The van der Waals surface area contributed by atoms with Crippen LogP contribution < -0.4 is 24.8 Å². The molecular weight excluding hydrogens is 394 g/mol. The molecule has 1 amide bonds. The van der Waals surface area contributed by atoms with Gasteiger partial charge in [0.05, 0.1) is 24.7 Å². The number of ether oxygens (including phenoxy) is 2. The van der Waals surface area contributed by atoms with E-state index >= 15 is 0 Å². The molecule has 0 spiro atoms. The first-order chi connectivity index (χ1) is 12.5. The highest BCUT2D eigenvalue weighted by molar-refractivity contribution is 7.89. The van der Waals surface area contributed by atoms with Crippen molar-refractivity contribution in [1.29, 1.82) is 0 Å². The smallest absolute Gasteiger partial charge is 0.241 e. The lowest BCUT2D eigenvalue weighted by molar-refractivity contribution is -0.120. The van der Waals surface area contributed by atoms with Crippen molar-refractivity contribution in [3.05, 3.63) is 18.2 Å². The zero-order valence-corrected chi connectivity index (χ0v) is 17.2. The molecule has 1 atom stereocenters. The molecule has 8 nitrogen and oxygen atoms in total. The number of carbonyl (C=O) groups is 1. The first-order valence-corrected chi connectivity index (χ1v) is 10.3. The number of halogens is 1. The fraction of sp³-hybridized carbons (Fsp3) is 0.588. The lowest BCUT2D eigenvalue weighted by Crippen LogP contribution is -2.48. The first-order valence-electron chi connectivity index (χ1n) is 8.85. The monoisotopic (exact) mass is 421 g/mol.